The molecule has 18 heavy (non-hydrogen) atoms. The third kappa shape index (κ3) is 3.85. The average molecular weight is 250 g/mol. The maximum atomic E-state index is 5.25. The zero-order valence-corrected chi connectivity index (χ0v) is 11.0. The maximum Gasteiger partial charge on any atom is 0.168 e. The SMILES string of the molecule is COc1cccnc1NCCCN1CCNCC1. The summed E-state index contributed by atoms with van der Waals surface area (Å²) in [5, 5.41) is 6.69. The number of rotatable bonds is 6. The quantitative estimate of drug-likeness (QED) is 0.731. The van der Waals surface area contributed by atoms with Crippen LogP contribution in [0.2, 0.25) is 0 Å². The van der Waals surface area contributed by atoms with E-state index in [-0.39, 0.29) is 0 Å². The van der Waals surface area contributed by atoms with Gasteiger partial charge in [0.1, 0.15) is 0 Å². The lowest BCUT2D eigenvalue weighted by atomic mass is 10.3. The predicted molar refractivity (Wildman–Crippen MR) is 73.2 cm³/mol. The molecule has 0 amide bonds. The number of ether oxygens (including phenoxy) is 1. The van der Waals surface area contributed by atoms with E-state index in [4.69, 9.17) is 4.74 Å². The molecule has 1 aromatic heterocycles. The Balaban J connectivity index is 1.68. The summed E-state index contributed by atoms with van der Waals surface area (Å²) in [7, 11) is 1.67. The Bertz CT molecular complexity index is 353. The van der Waals surface area contributed by atoms with Crippen molar-refractivity contribution >= 4 is 5.82 Å². The highest BCUT2D eigenvalue weighted by atomic mass is 16.5. The van der Waals surface area contributed by atoms with Crippen LogP contribution in [0.15, 0.2) is 18.3 Å². The van der Waals surface area contributed by atoms with Crippen LogP contribution in [0.5, 0.6) is 5.75 Å². The smallest absolute Gasteiger partial charge is 0.168 e. The van der Waals surface area contributed by atoms with Crippen molar-refractivity contribution in [2.75, 3.05) is 51.7 Å². The van der Waals surface area contributed by atoms with Gasteiger partial charge in [0.15, 0.2) is 11.6 Å². The number of hydrogen-bond donors (Lipinski definition) is 2. The summed E-state index contributed by atoms with van der Waals surface area (Å²) in [6.45, 7) is 6.62. The number of methoxy groups -OCH3 is 1. The molecule has 2 N–H and O–H groups in total. The second kappa shape index (κ2) is 7.18. The molecule has 100 valence electrons. The van der Waals surface area contributed by atoms with Gasteiger partial charge in [0.25, 0.3) is 0 Å². The Kier molecular flexibility index (Phi) is 5.23. The summed E-state index contributed by atoms with van der Waals surface area (Å²) in [5.41, 5.74) is 0. The molecule has 1 aliphatic heterocycles. The van der Waals surface area contributed by atoms with E-state index in [1.807, 2.05) is 12.1 Å². The van der Waals surface area contributed by atoms with Crippen molar-refractivity contribution in [3.63, 3.8) is 0 Å². The molecule has 2 heterocycles. The zero-order valence-electron chi connectivity index (χ0n) is 11.0. The van der Waals surface area contributed by atoms with E-state index >= 15 is 0 Å². The first kappa shape index (κ1) is 13.1. The van der Waals surface area contributed by atoms with Crippen LogP contribution >= 0.6 is 0 Å². The molecule has 0 aromatic carbocycles. The van der Waals surface area contributed by atoms with E-state index < -0.39 is 0 Å². The van der Waals surface area contributed by atoms with Gasteiger partial charge in [-0.2, -0.15) is 0 Å². The fourth-order valence-corrected chi connectivity index (χ4v) is 2.13. The normalized spacial score (nSPS) is 16.5. The van der Waals surface area contributed by atoms with Crippen molar-refractivity contribution in [1.82, 2.24) is 15.2 Å². The van der Waals surface area contributed by atoms with Gasteiger partial charge in [0.05, 0.1) is 7.11 Å². The molecular formula is C13H22N4O. The third-order valence-electron chi connectivity index (χ3n) is 3.14. The van der Waals surface area contributed by atoms with Crippen LogP contribution < -0.4 is 15.4 Å². The molecule has 1 saturated heterocycles. The molecule has 1 aliphatic rings. The van der Waals surface area contributed by atoms with Gasteiger partial charge in [0, 0.05) is 38.9 Å². The van der Waals surface area contributed by atoms with E-state index in [9.17, 15) is 0 Å². The Labute approximate surface area is 109 Å². The molecule has 5 heteroatoms. The van der Waals surface area contributed by atoms with Gasteiger partial charge < -0.3 is 20.3 Å². The molecule has 0 radical (unpaired) electrons. The van der Waals surface area contributed by atoms with Gasteiger partial charge in [-0.25, -0.2) is 4.98 Å². The van der Waals surface area contributed by atoms with E-state index in [0.29, 0.717) is 0 Å². The van der Waals surface area contributed by atoms with Crippen molar-refractivity contribution in [2.24, 2.45) is 0 Å². The van der Waals surface area contributed by atoms with E-state index in [1.54, 1.807) is 13.3 Å². The number of nitrogens with zero attached hydrogens (tertiary/aromatic N) is 2. The molecule has 0 atom stereocenters. The molecule has 0 saturated carbocycles. The summed E-state index contributed by atoms with van der Waals surface area (Å²) in [6.07, 6.45) is 2.90. The van der Waals surface area contributed by atoms with E-state index in [2.05, 4.69) is 20.5 Å². The zero-order chi connectivity index (χ0) is 12.6. The van der Waals surface area contributed by atoms with Crippen LogP contribution in [0, 0.1) is 0 Å². The molecule has 1 fully saturated rings. The largest absolute Gasteiger partial charge is 0.493 e. The lowest BCUT2D eigenvalue weighted by Gasteiger charge is -2.27. The second-order valence-electron chi connectivity index (χ2n) is 4.43. The van der Waals surface area contributed by atoms with Crippen molar-refractivity contribution in [3.05, 3.63) is 18.3 Å². The van der Waals surface area contributed by atoms with Crippen LogP contribution in [0.4, 0.5) is 5.82 Å². The molecule has 5 nitrogen and oxygen atoms in total. The molecule has 0 aliphatic carbocycles. The standard InChI is InChI=1S/C13H22N4O/c1-18-12-4-2-5-15-13(12)16-6-3-9-17-10-7-14-8-11-17/h2,4-5,14H,3,6-11H2,1H3,(H,15,16). The van der Waals surface area contributed by atoms with Crippen molar-refractivity contribution < 1.29 is 4.74 Å². The third-order valence-corrected chi connectivity index (χ3v) is 3.14. The topological polar surface area (TPSA) is 49.4 Å². The average Bonchev–Trinajstić information content (AvgIpc) is 2.45. The van der Waals surface area contributed by atoms with Crippen LogP contribution in [0.3, 0.4) is 0 Å². The van der Waals surface area contributed by atoms with E-state index in [1.165, 1.54) is 0 Å². The van der Waals surface area contributed by atoms with Gasteiger partial charge >= 0.3 is 0 Å². The minimum Gasteiger partial charge on any atom is -0.493 e. The maximum absolute atomic E-state index is 5.25. The fourth-order valence-electron chi connectivity index (χ4n) is 2.13. The first-order chi connectivity index (χ1) is 8.90. The highest BCUT2D eigenvalue weighted by molar-refractivity contribution is 5.49. The lowest BCUT2D eigenvalue weighted by molar-refractivity contribution is 0.240. The molecule has 0 unspecified atom stereocenters. The van der Waals surface area contributed by atoms with Crippen LogP contribution in [-0.4, -0.2) is 56.3 Å². The molecule has 2 rings (SSSR count). The first-order valence-electron chi connectivity index (χ1n) is 6.56. The highest BCUT2D eigenvalue weighted by Gasteiger charge is 2.08. The summed E-state index contributed by atoms with van der Waals surface area (Å²) in [6, 6.07) is 3.80. The van der Waals surface area contributed by atoms with Crippen LogP contribution in [0.25, 0.3) is 0 Å². The Hall–Kier alpha value is -1.33. The van der Waals surface area contributed by atoms with Crippen LogP contribution in [0.1, 0.15) is 6.42 Å². The lowest BCUT2D eigenvalue weighted by Crippen LogP contribution is -2.44. The van der Waals surface area contributed by atoms with Gasteiger partial charge in [-0.3, -0.25) is 0 Å². The Morgan fingerprint density at radius 3 is 3.06 bits per heavy atom. The summed E-state index contributed by atoms with van der Waals surface area (Å²) < 4.78 is 5.25. The summed E-state index contributed by atoms with van der Waals surface area (Å²) in [5.74, 6) is 1.64. The molecule has 1 aromatic rings. The van der Waals surface area contributed by atoms with Gasteiger partial charge in [0.2, 0.25) is 0 Å². The minimum atomic E-state index is 0.805. The van der Waals surface area contributed by atoms with E-state index in [0.717, 1.165) is 57.3 Å². The minimum absolute atomic E-state index is 0.805. The number of anilines is 1. The summed E-state index contributed by atoms with van der Waals surface area (Å²) in [4.78, 5) is 6.77. The van der Waals surface area contributed by atoms with Gasteiger partial charge in [-0.05, 0) is 25.1 Å². The summed E-state index contributed by atoms with van der Waals surface area (Å²) >= 11 is 0. The van der Waals surface area contributed by atoms with Crippen molar-refractivity contribution in [3.8, 4) is 5.75 Å². The number of pyridine rings is 1. The van der Waals surface area contributed by atoms with Crippen LogP contribution in [-0.2, 0) is 0 Å². The first-order valence-corrected chi connectivity index (χ1v) is 6.56. The molecule has 0 spiro atoms. The van der Waals surface area contributed by atoms with Gasteiger partial charge in [-0.15, -0.1) is 0 Å². The van der Waals surface area contributed by atoms with Crippen molar-refractivity contribution in [2.45, 2.75) is 6.42 Å². The van der Waals surface area contributed by atoms with Gasteiger partial charge in [-0.1, -0.05) is 0 Å². The van der Waals surface area contributed by atoms with Crippen molar-refractivity contribution in [1.29, 1.82) is 0 Å². The Morgan fingerprint density at radius 1 is 1.44 bits per heavy atom. The molecule has 0 bridgehead atoms. The second-order valence-corrected chi connectivity index (χ2v) is 4.43. The number of aromatic nitrogens is 1. The number of piperazine rings is 1. The number of nitrogens with one attached hydrogen (secondary N) is 2. The number of hydrogen-bond acceptors (Lipinski definition) is 5. The highest BCUT2D eigenvalue weighted by Crippen LogP contribution is 2.19. The fraction of sp³-hybridized carbons (Fsp3) is 0.615. The molecular weight excluding hydrogens is 228 g/mol. The Morgan fingerprint density at radius 2 is 2.28 bits per heavy atom. The predicted octanol–water partition coefficient (Wildman–Crippen LogP) is 0.797. The monoisotopic (exact) mass is 250 g/mol.